The van der Waals surface area contributed by atoms with Gasteiger partial charge in [-0.3, -0.25) is 4.79 Å². The summed E-state index contributed by atoms with van der Waals surface area (Å²) in [4.78, 5) is 8.81. The third-order valence-corrected chi connectivity index (χ3v) is 4.42. The molecule has 2 nitrogen and oxygen atoms in total. The van der Waals surface area contributed by atoms with Crippen LogP contribution in [0.15, 0.2) is 22.6 Å². The molecule has 1 aliphatic rings. The first-order chi connectivity index (χ1) is 10.4. The molecule has 2 rings (SSSR count). The summed E-state index contributed by atoms with van der Waals surface area (Å²) < 4.78 is 108. The summed E-state index contributed by atoms with van der Waals surface area (Å²) in [6.45, 7) is 0.876. The van der Waals surface area contributed by atoms with E-state index in [-0.39, 0.29) is 12.1 Å². The van der Waals surface area contributed by atoms with Gasteiger partial charge in [-0.25, -0.2) is 0 Å². The van der Waals surface area contributed by atoms with Gasteiger partial charge in [0.15, 0.2) is 0 Å². The molecule has 0 amide bonds. The first kappa shape index (κ1) is 18.8. The fourth-order valence-electron chi connectivity index (χ4n) is 2.09. The van der Waals surface area contributed by atoms with Crippen molar-refractivity contribution in [1.29, 1.82) is 0 Å². The van der Waals surface area contributed by atoms with Gasteiger partial charge in [-0.15, -0.1) is 0 Å². The summed E-state index contributed by atoms with van der Waals surface area (Å²) in [5, 5.41) is -1.63. The van der Waals surface area contributed by atoms with Crippen molar-refractivity contribution < 1.29 is 42.1 Å². The van der Waals surface area contributed by atoms with Crippen LogP contribution in [0, 0.1) is 6.92 Å². The zero-order valence-electron chi connectivity index (χ0n) is 11.4. The highest BCUT2D eigenvalue weighted by Crippen LogP contribution is 3.02. The highest BCUT2D eigenvalue weighted by atomic mass is 35.5. The van der Waals surface area contributed by atoms with Gasteiger partial charge in [0, 0.05) is 5.56 Å². The van der Waals surface area contributed by atoms with Crippen LogP contribution in [0.1, 0.15) is 11.1 Å². The Bertz CT molecular complexity index is 766. The lowest BCUT2D eigenvalue weighted by atomic mass is 10.00. The molecule has 1 atom stereocenters. The molecule has 0 N–H and O–H groups in total. The number of hydrogen-bond donors (Lipinski definition) is 0. The number of fused-ring (bicyclic) bond motifs is 1. The van der Waals surface area contributed by atoms with Crippen LogP contribution >= 0.6 is 21.8 Å². The molecule has 0 saturated carbocycles. The quantitative estimate of drug-likeness (QED) is 0.440. The molecule has 0 saturated heterocycles. The van der Waals surface area contributed by atoms with Crippen molar-refractivity contribution in [2.75, 3.05) is 0 Å². The van der Waals surface area contributed by atoms with Gasteiger partial charge in [0.05, 0.1) is 5.57 Å². The molecule has 12 heteroatoms. The molecule has 1 unspecified atom stereocenters. The lowest BCUT2D eigenvalue weighted by molar-refractivity contribution is -0.184. The first-order valence-electron chi connectivity index (χ1n) is 5.93. The Morgan fingerprint density at radius 3 is 2.12 bits per heavy atom. The molecule has 136 valence electrons. The lowest BCUT2D eigenvalue weighted by Crippen LogP contribution is -2.39. The van der Waals surface area contributed by atoms with Crippen molar-refractivity contribution in [2.24, 2.45) is 0 Å². The lowest BCUT2D eigenvalue weighted by Gasteiger charge is -2.41. The van der Waals surface area contributed by atoms with Crippen LogP contribution in [0.4, 0.5) is 32.6 Å². The molecule has 1 aromatic rings. The van der Waals surface area contributed by atoms with E-state index in [4.69, 9.17) is 11.6 Å². The van der Waals surface area contributed by atoms with Crippen LogP contribution in [0.3, 0.4) is 0 Å². The topological polar surface area (TPSA) is 26.3 Å². The number of aryl methyl sites for hydroxylation is 1. The minimum absolute atomic E-state index is 0.00479. The number of carbonyl (C=O) groups is 1. The Labute approximate surface area is 134 Å². The van der Waals surface area contributed by atoms with Gasteiger partial charge in [-0.2, -0.15) is 13.2 Å². The zero-order valence-corrected chi connectivity index (χ0v) is 13.0. The van der Waals surface area contributed by atoms with E-state index < -0.39 is 55.1 Å². The van der Waals surface area contributed by atoms with Crippen LogP contribution in [-0.4, -0.2) is 17.5 Å². The molecule has 0 fully saturated rings. The fraction of sp³-hybridized carbons (Fsp3) is 0.250. The Balaban J connectivity index is 2.73. The third kappa shape index (κ3) is 3.61. The monoisotopic (exact) mass is 402 g/mol. The Hall–Kier alpha value is -1.49. The minimum Gasteiger partial charge on any atom is -0.475 e. The second-order valence-corrected chi connectivity index (χ2v) is 7.79. The smallest absolute Gasteiger partial charge is 0.429 e. The predicted molar refractivity (Wildman–Crippen MR) is 71.9 cm³/mol. The maximum Gasteiger partial charge on any atom is 0.429 e. The Kier molecular flexibility index (Phi) is 3.59. The molecule has 0 spiro atoms. The summed E-state index contributed by atoms with van der Waals surface area (Å²) in [5.41, 5.74) is -2.54. The Morgan fingerprint density at radius 2 is 1.71 bits per heavy atom. The molecule has 1 aliphatic heterocycles. The number of ether oxygens (including phenoxy) is 1. The number of rotatable bonds is 2. The number of hydrogen-bond acceptors (Lipinski definition) is 2. The summed E-state index contributed by atoms with van der Waals surface area (Å²) >= 11 is 5.00. The number of alkyl halides is 3. The van der Waals surface area contributed by atoms with Crippen molar-refractivity contribution in [3.63, 3.8) is 0 Å². The van der Waals surface area contributed by atoms with E-state index >= 15 is 0 Å². The Morgan fingerprint density at radius 1 is 1.17 bits per heavy atom. The number of halogens is 9. The van der Waals surface area contributed by atoms with Gasteiger partial charge in [0.1, 0.15) is 10.6 Å². The zero-order chi connectivity index (χ0) is 18.8. The number of benzene rings is 1. The molecule has 0 bridgehead atoms. The molecule has 0 radical (unpaired) electrons. The molecule has 0 aliphatic carbocycles. The van der Waals surface area contributed by atoms with E-state index in [9.17, 15) is 37.4 Å². The summed E-state index contributed by atoms with van der Waals surface area (Å²) in [6.07, 6.45) is -7.52. The van der Waals surface area contributed by atoms with E-state index in [1.54, 1.807) is 0 Å². The van der Waals surface area contributed by atoms with Crippen LogP contribution < -0.4 is 4.74 Å². The van der Waals surface area contributed by atoms with Crippen LogP contribution in [0.25, 0.3) is 6.08 Å². The second-order valence-electron chi connectivity index (χ2n) is 5.04. The van der Waals surface area contributed by atoms with E-state index in [0.717, 1.165) is 6.92 Å². The molecule has 24 heavy (non-hydrogen) atoms. The van der Waals surface area contributed by atoms with Crippen LogP contribution in [0.2, 0.25) is 0 Å². The molecular formula is C12H7ClF8O2S. The number of carbonyl (C=O) groups excluding carboxylic acids is 1. The van der Waals surface area contributed by atoms with Gasteiger partial charge < -0.3 is 4.74 Å². The maximum absolute atomic E-state index is 12.9. The first-order valence-corrected chi connectivity index (χ1v) is 8.26. The predicted octanol–water partition coefficient (Wildman–Crippen LogP) is 6.12. The third-order valence-electron chi connectivity index (χ3n) is 3.08. The van der Waals surface area contributed by atoms with Gasteiger partial charge in [0.2, 0.25) is 6.10 Å². The maximum atomic E-state index is 12.9. The molecule has 0 aromatic heterocycles. The van der Waals surface area contributed by atoms with Gasteiger partial charge in [0.25, 0.3) is 5.24 Å². The van der Waals surface area contributed by atoms with Gasteiger partial charge >= 0.3 is 16.4 Å². The molecule has 1 aromatic carbocycles. The minimum atomic E-state index is -10.1. The van der Waals surface area contributed by atoms with Crippen LogP contribution in [-0.2, 0) is 4.79 Å². The van der Waals surface area contributed by atoms with E-state index in [1.807, 2.05) is 0 Å². The van der Waals surface area contributed by atoms with Gasteiger partial charge in [-0.05, 0) is 42.3 Å². The normalized spacial score (nSPS) is 21.1. The van der Waals surface area contributed by atoms with Crippen molar-refractivity contribution in [1.82, 2.24) is 0 Å². The second kappa shape index (κ2) is 4.57. The molecular weight excluding hydrogens is 396 g/mol. The summed E-state index contributed by atoms with van der Waals surface area (Å²) in [6, 6.07) is -0.0779. The summed E-state index contributed by atoms with van der Waals surface area (Å²) in [7, 11) is -10.1. The van der Waals surface area contributed by atoms with Crippen molar-refractivity contribution >= 4 is 33.1 Å². The van der Waals surface area contributed by atoms with E-state index in [1.165, 1.54) is 0 Å². The highest BCUT2D eigenvalue weighted by molar-refractivity contribution is 8.45. The van der Waals surface area contributed by atoms with Gasteiger partial charge in [-0.1, -0.05) is 19.4 Å². The summed E-state index contributed by atoms with van der Waals surface area (Å²) in [5.74, 6) is -0.690. The SMILES string of the molecule is Cc1cc(S(F)(F)(F)(F)F)cc2c1OC(C(F)(F)F)C(C(=O)Cl)=C2. The average Bonchev–Trinajstić information content (AvgIpc) is 2.33. The van der Waals surface area contributed by atoms with E-state index in [2.05, 4.69) is 4.74 Å². The van der Waals surface area contributed by atoms with E-state index in [0.29, 0.717) is 6.08 Å². The standard InChI is InChI=1S/C12H7ClF8O2S/c1-5-2-7(24(17,18,19,20)21)3-6-4-8(11(13)22)10(12(14,15)16)23-9(5)6/h2-4,10H,1H3. The van der Waals surface area contributed by atoms with Crippen molar-refractivity contribution in [2.45, 2.75) is 24.1 Å². The highest BCUT2D eigenvalue weighted by Gasteiger charge is 2.65. The van der Waals surface area contributed by atoms with Crippen molar-refractivity contribution in [3.05, 3.63) is 28.8 Å². The van der Waals surface area contributed by atoms with Crippen molar-refractivity contribution in [3.8, 4) is 5.75 Å². The molecule has 1 heterocycles. The van der Waals surface area contributed by atoms with Crippen LogP contribution in [0.5, 0.6) is 5.75 Å². The largest absolute Gasteiger partial charge is 0.475 e. The average molecular weight is 403 g/mol. The fourth-order valence-corrected chi connectivity index (χ4v) is 2.99.